The third-order valence-corrected chi connectivity index (χ3v) is 3.87. The molecule has 0 aliphatic carbocycles. The Bertz CT molecular complexity index is 476. The number of unbranched alkanes of at least 4 members (excludes halogenated alkanes) is 1. The molecule has 0 atom stereocenters. The average molecular weight is 302 g/mol. The van der Waals surface area contributed by atoms with Gasteiger partial charge in [-0.05, 0) is 25.0 Å². The summed E-state index contributed by atoms with van der Waals surface area (Å²) >= 11 is 0. The quantitative estimate of drug-likeness (QED) is 0.636. The highest BCUT2D eigenvalue weighted by atomic mass is 32.2. The van der Waals surface area contributed by atoms with Gasteiger partial charge in [0.05, 0.1) is 5.75 Å². The van der Waals surface area contributed by atoms with Crippen molar-refractivity contribution < 1.29 is 13.2 Å². The van der Waals surface area contributed by atoms with Gasteiger partial charge in [-0.2, -0.15) is 0 Å². The molecule has 1 aromatic rings. The van der Waals surface area contributed by atoms with Gasteiger partial charge in [0.1, 0.15) is 5.82 Å². The highest BCUT2D eigenvalue weighted by Crippen LogP contribution is 2.08. The first-order valence-corrected chi connectivity index (χ1v) is 8.29. The van der Waals surface area contributed by atoms with Crippen molar-refractivity contribution in [3.8, 4) is 0 Å². The largest absolute Gasteiger partial charge is 0.385 e. The SMILES string of the molecule is CCCCS(=O)(=O)Nc1ccc(NCCCOC)nn1. The maximum Gasteiger partial charge on any atom is 0.233 e. The minimum atomic E-state index is -3.32. The van der Waals surface area contributed by atoms with E-state index in [-0.39, 0.29) is 11.6 Å². The number of nitrogens with one attached hydrogen (secondary N) is 2. The molecule has 8 heteroatoms. The molecular formula is C12H22N4O3S. The van der Waals surface area contributed by atoms with Crippen LogP contribution >= 0.6 is 0 Å². The van der Waals surface area contributed by atoms with Crippen molar-refractivity contribution in [2.45, 2.75) is 26.2 Å². The van der Waals surface area contributed by atoms with Crippen molar-refractivity contribution in [2.75, 3.05) is 36.1 Å². The second-order valence-corrected chi connectivity index (χ2v) is 6.19. The van der Waals surface area contributed by atoms with Crippen molar-refractivity contribution in [3.63, 3.8) is 0 Å². The maximum atomic E-state index is 11.7. The summed E-state index contributed by atoms with van der Waals surface area (Å²) in [6.45, 7) is 3.35. The molecule has 0 saturated carbocycles. The van der Waals surface area contributed by atoms with Crippen LogP contribution in [0.25, 0.3) is 0 Å². The molecule has 0 amide bonds. The Morgan fingerprint density at radius 2 is 1.90 bits per heavy atom. The fourth-order valence-electron chi connectivity index (χ4n) is 1.46. The summed E-state index contributed by atoms with van der Waals surface area (Å²) in [6, 6.07) is 3.28. The van der Waals surface area contributed by atoms with Crippen molar-refractivity contribution >= 4 is 21.7 Å². The van der Waals surface area contributed by atoms with Crippen molar-refractivity contribution in [1.82, 2.24) is 10.2 Å². The maximum absolute atomic E-state index is 11.7. The lowest BCUT2D eigenvalue weighted by Crippen LogP contribution is -2.17. The molecule has 114 valence electrons. The normalized spacial score (nSPS) is 11.3. The average Bonchev–Trinajstić information content (AvgIpc) is 2.43. The number of hydrogen-bond acceptors (Lipinski definition) is 6. The molecule has 0 bridgehead atoms. The van der Waals surface area contributed by atoms with E-state index in [1.54, 1.807) is 19.2 Å². The van der Waals surface area contributed by atoms with Crippen LogP contribution in [-0.2, 0) is 14.8 Å². The van der Waals surface area contributed by atoms with Gasteiger partial charge in [-0.25, -0.2) is 8.42 Å². The number of ether oxygens (including phenoxy) is 1. The number of aromatic nitrogens is 2. The van der Waals surface area contributed by atoms with Gasteiger partial charge in [0.25, 0.3) is 0 Å². The fraction of sp³-hybridized carbons (Fsp3) is 0.667. The van der Waals surface area contributed by atoms with E-state index in [4.69, 9.17) is 4.74 Å². The van der Waals surface area contributed by atoms with Crippen LogP contribution in [0.1, 0.15) is 26.2 Å². The molecule has 1 heterocycles. The molecule has 1 aromatic heterocycles. The highest BCUT2D eigenvalue weighted by Gasteiger charge is 2.10. The van der Waals surface area contributed by atoms with Crippen LogP contribution in [0.15, 0.2) is 12.1 Å². The standard InChI is InChI=1S/C12H22N4O3S/c1-3-4-10-20(17,18)16-12-7-6-11(14-15-12)13-8-5-9-19-2/h6-7H,3-5,8-10H2,1-2H3,(H,13,14)(H,15,16). The lowest BCUT2D eigenvalue weighted by molar-refractivity contribution is 0.197. The van der Waals surface area contributed by atoms with Crippen molar-refractivity contribution in [1.29, 1.82) is 0 Å². The van der Waals surface area contributed by atoms with Gasteiger partial charge in [-0.1, -0.05) is 13.3 Å². The van der Waals surface area contributed by atoms with Crippen LogP contribution in [0.5, 0.6) is 0 Å². The minimum absolute atomic E-state index is 0.0994. The van der Waals surface area contributed by atoms with E-state index in [2.05, 4.69) is 20.2 Å². The van der Waals surface area contributed by atoms with E-state index in [0.717, 1.165) is 19.4 Å². The van der Waals surface area contributed by atoms with Crippen molar-refractivity contribution in [2.24, 2.45) is 0 Å². The van der Waals surface area contributed by atoms with Crippen LogP contribution in [0, 0.1) is 0 Å². The molecule has 0 aromatic carbocycles. The third kappa shape index (κ3) is 6.67. The monoisotopic (exact) mass is 302 g/mol. The van der Waals surface area contributed by atoms with Gasteiger partial charge in [-0.3, -0.25) is 4.72 Å². The van der Waals surface area contributed by atoms with Gasteiger partial charge in [0, 0.05) is 20.3 Å². The second kappa shape index (κ2) is 8.70. The van der Waals surface area contributed by atoms with E-state index in [0.29, 0.717) is 18.8 Å². The number of anilines is 2. The van der Waals surface area contributed by atoms with E-state index in [1.165, 1.54) is 0 Å². The summed E-state index contributed by atoms with van der Waals surface area (Å²) in [5, 5.41) is 10.8. The molecule has 0 radical (unpaired) electrons. The van der Waals surface area contributed by atoms with Gasteiger partial charge in [0.2, 0.25) is 10.0 Å². The summed E-state index contributed by atoms with van der Waals surface area (Å²) in [7, 11) is -1.67. The molecule has 0 fully saturated rings. The summed E-state index contributed by atoms with van der Waals surface area (Å²) in [6.07, 6.45) is 2.32. The van der Waals surface area contributed by atoms with Gasteiger partial charge < -0.3 is 10.1 Å². The number of nitrogens with zero attached hydrogens (tertiary/aromatic N) is 2. The Balaban J connectivity index is 2.46. The number of sulfonamides is 1. The van der Waals surface area contributed by atoms with E-state index in [1.807, 2.05) is 6.92 Å². The van der Waals surface area contributed by atoms with Crippen LogP contribution in [0.2, 0.25) is 0 Å². The van der Waals surface area contributed by atoms with E-state index >= 15 is 0 Å². The van der Waals surface area contributed by atoms with E-state index < -0.39 is 10.0 Å². The Hall–Kier alpha value is -1.41. The van der Waals surface area contributed by atoms with Crippen LogP contribution in [-0.4, -0.2) is 44.6 Å². The lowest BCUT2D eigenvalue weighted by Gasteiger charge is -2.07. The summed E-state index contributed by atoms with van der Waals surface area (Å²) < 4.78 is 30.7. The van der Waals surface area contributed by atoms with Gasteiger partial charge in [-0.15, -0.1) is 10.2 Å². The van der Waals surface area contributed by atoms with Gasteiger partial charge in [0.15, 0.2) is 5.82 Å². The zero-order valence-electron chi connectivity index (χ0n) is 11.9. The number of methoxy groups -OCH3 is 1. The van der Waals surface area contributed by atoms with Crippen LogP contribution in [0.3, 0.4) is 0 Å². The summed E-state index contributed by atoms with van der Waals surface area (Å²) in [5.74, 6) is 0.948. The predicted octanol–water partition coefficient (Wildman–Crippen LogP) is 1.47. The molecule has 2 N–H and O–H groups in total. The summed E-state index contributed by atoms with van der Waals surface area (Å²) in [4.78, 5) is 0. The highest BCUT2D eigenvalue weighted by molar-refractivity contribution is 7.92. The smallest absolute Gasteiger partial charge is 0.233 e. The molecule has 0 aliphatic heterocycles. The molecule has 0 aliphatic rings. The molecule has 7 nitrogen and oxygen atoms in total. The Morgan fingerprint density at radius 3 is 2.50 bits per heavy atom. The lowest BCUT2D eigenvalue weighted by atomic mass is 10.4. The van der Waals surface area contributed by atoms with Gasteiger partial charge >= 0.3 is 0 Å². The van der Waals surface area contributed by atoms with Crippen LogP contribution < -0.4 is 10.0 Å². The number of hydrogen-bond donors (Lipinski definition) is 2. The zero-order chi connectivity index (χ0) is 14.8. The first-order valence-electron chi connectivity index (χ1n) is 6.64. The van der Waals surface area contributed by atoms with E-state index in [9.17, 15) is 8.42 Å². The first-order chi connectivity index (χ1) is 9.57. The topological polar surface area (TPSA) is 93.2 Å². The molecule has 0 saturated heterocycles. The first kappa shape index (κ1) is 16.6. The number of rotatable bonds is 10. The minimum Gasteiger partial charge on any atom is -0.385 e. The third-order valence-electron chi connectivity index (χ3n) is 2.52. The molecule has 0 unspecified atom stereocenters. The predicted molar refractivity (Wildman–Crippen MR) is 79.3 cm³/mol. The fourth-order valence-corrected chi connectivity index (χ4v) is 2.66. The molecule has 1 rings (SSSR count). The Kier molecular flexibility index (Phi) is 7.24. The Labute approximate surface area is 120 Å². The molecular weight excluding hydrogens is 280 g/mol. The van der Waals surface area contributed by atoms with Crippen LogP contribution in [0.4, 0.5) is 11.6 Å². The molecule has 0 spiro atoms. The zero-order valence-corrected chi connectivity index (χ0v) is 12.7. The summed E-state index contributed by atoms with van der Waals surface area (Å²) in [5.41, 5.74) is 0. The Morgan fingerprint density at radius 1 is 1.20 bits per heavy atom. The second-order valence-electron chi connectivity index (χ2n) is 4.35. The molecule has 20 heavy (non-hydrogen) atoms. The van der Waals surface area contributed by atoms with Crippen molar-refractivity contribution in [3.05, 3.63) is 12.1 Å².